The Kier molecular flexibility index (Phi) is 5.76. The van der Waals surface area contributed by atoms with E-state index >= 15 is 0 Å². The number of nitrogens with zero attached hydrogens (tertiary/aromatic N) is 5. The number of benzene rings is 1. The zero-order valence-corrected chi connectivity index (χ0v) is 17.8. The van der Waals surface area contributed by atoms with Gasteiger partial charge in [0.15, 0.2) is 6.10 Å². The van der Waals surface area contributed by atoms with Crippen LogP contribution in [0.15, 0.2) is 28.8 Å². The number of ether oxygens (including phenoxy) is 1. The molecule has 8 nitrogen and oxygen atoms in total. The molecule has 1 aliphatic heterocycles. The first-order valence-corrected chi connectivity index (χ1v) is 10.1. The largest absolute Gasteiger partial charge is 0.416 e. The van der Waals surface area contributed by atoms with Crippen molar-refractivity contribution in [2.45, 2.75) is 39.6 Å². The van der Waals surface area contributed by atoms with Gasteiger partial charge in [0.05, 0.1) is 30.0 Å². The Morgan fingerprint density at radius 1 is 1.28 bits per heavy atom. The SMILES string of the molecule is CCn1nc(C)c(C(=O)N2CCO[C@H](c3nc(-c4cccc(C(F)(F)F)c4)no3)C2)c1C. The summed E-state index contributed by atoms with van der Waals surface area (Å²) in [6, 6.07) is 4.69. The fourth-order valence-electron chi connectivity index (χ4n) is 3.77. The van der Waals surface area contributed by atoms with Crippen LogP contribution in [-0.4, -0.2) is 50.4 Å². The van der Waals surface area contributed by atoms with E-state index in [2.05, 4.69) is 15.2 Å². The van der Waals surface area contributed by atoms with Crippen molar-refractivity contribution in [1.82, 2.24) is 24.8 Å². The van der Waals surface area contributed by atoms with E-state index in [1.165, 1.54) is 12.1 Å². The van der Waals surface area contributed by atoms with Gasteiger partial charge in [-0.25, -0.2) is 0 Å². The second kappa shape index (κ2) is 8.38. The Hall–Kier alpha value is -3.21. The predicted octanol–water partition coefficient (Wildman–Crippen LogP) is 3.80. The molecule has 32 heavy (non-hydrogen) atoms. The molecule has 4 rings (SSSR count). The first-order chi connectivity index (χ1) is 15.2. The number of hydrogen-bond donors (Lipinski definition) is 0. The number of carbonyl (C=O) groups excluding carboxylic acids is 1. The van der Waals surface area contributed by atoms with E-state index in [0.29, 0.717) is 24.3 Å². The molecule has 1 amide bonds. The molecule has 0 bridgehead atoms. The lowest BCUT2D eigenvalue weighted by Gasteiger charge is -2.31. The van der Waals surface area contributed by atoms with Gasteiger partial charge < -0.3 is 14.2 Å². The fourth-order valence-corrected chi connectivity index (χ4v) is 3.77. The Morgan fingerprint density at radius 2 is 2.06 bits per heavy atom. The lowest BCUT2D eigenvalue weighted by Crippen LogP contribution is -2.42. The van der Waals surface area contributed by atoms with E-state index in [9.17, 15) is 18.0 Å². The lowest BCUT2D eigenvalue weighted by molar-refractivity contribution is -0.137. The third-order valence-corrected chi connectivity index (χ3v) is 5.41. The maximum atomic E-state index is 13.1. The molecule has 0 saturated carbocycles. The fraction of sp³-hybridized carbons (Fsp3) is 0.429. The summed E-state index contributed by atoms with van der Waals surface area (Å²) in [6.45, 7) is 7.09. The molecular formula is C21H22F3N5O3. The second-order valence-electron chi connectivity index (χ2n) is 7.51. The van der Waals surface area contributed by atoms with Gasteiger partial charge in [-0.2, -0.15) is 23.3 Å². The van der Waals surface area contributed by atoms with Crippen LogP contribution < -0.4 is 0 Å². The highest BCUT2D eigenvalue weighted by Crippen LogP contribution is 2.32. The van der Waals surface area contributed by atoms with Gasteiger partial charge in [0, 0.05) is 24.3 Å². The number of hydrogen-bond acceptors (Lipinski definition) is 6. The summed E-state index contributed by atoms with van der Waals surface area (Å²) >= 11 is 0. The van der Waals surface area contributed by atoms with Gasteiger partial charge in [0.1, 0.15) is 0 Å². The van der Waals surface area contributed by atoms with Gasteiger partial charge in [0.2, 0.25) is 5.82 Å². The molecule has 11 heteroatoms. The number of halogens is 3. The van der Waals surface area contributed by atoms with Crippen LogP contribution in [0.5, 0.6) is 0 Å². The quantitative estimate of drug-likeness (QED) is 0.602. The van der Waals surface area contributed by atoms with Crippen molar-refractivity contribution < 1.29 is 27.2 Å². The maximum Gasteiger partial charge on any atom is 0.416 e. The molecule has 0 N–H and O–H groups in total. The number of aromatic nitrogens is 4. The highest BCUT2D eigenvalue weighted by molar-refractivity contribution is 5.96. The molecule has 0 radical (unpaired) electrons. The summed E-state index contributed by atoms with van der Waals surface area (Å²) in [7, 11) is 0. The average Bonchev–Trinajstić information content (AvgIpc) is 3.37. The zero-order chi connectivity index (χ0) is 23.0. The van der Waals surface area contributed by atoms with Crippen molar-refractivity contribution in [2.75, 3.05) is 19.7 Å². The highest BCUT2D eigenvalue weighted by atomic mass is 19.4. The average molecular weight is 449 g/mol. The number of aryl methyl sites for hydroxylation is 2. The van der Waals surface area contributed by atoms with Gasteiger partial charge >= 0.3 is 6.18 Å². The van der Waals surface area contributed by atoms with Crippen molar-refractivity contribution >= 4 is 5.91 Å². The maximum absolute atomic E-state index is 13.1. The van der Waals surface area contributed by atoms with Crippen LogP contribution >= 0.6 is 0 Å². The molecule has 3 heterocycles. The van der Waals surface area contributed by atoms with Gasteiger partial charge in [-0.3, -0.25) is 9.48 Å². The third-order valence-electron chi connectivity index (χ3n) is 5.41. The number of amides is 1. The van der Waals surface area contributed by atoms with Crippen LogP contribution in [0.3, 0.4) is 0 Å². The zero-order valence-electron chi connectivity index (χ0n) is 17.8. The van der Waals surface area contributed by atoms with Crippen LogP contribution in [0.1, 0.15) is 46.2 Å². The monoisotopic (exact) mass is 449 g/mol. The summed E-state index contributed by atoms with van der Waals surface area (Å²) in [5, 5.41) is 8.21. The second-order valence-corrected chi connectivity index (χ2v) is 7.51. The topological polar surface area (TPSA) is 86.3 Å². The van der Waals surface area contributed by atoms with Crippen molar-refractivity contribution in [2.24, 2.45) is 0 Å². The third kappa shape index (κ3) is 4.12. The molecular weight excluding hydrogens is 427 g/mol. The summed E-state index contributed by atoms with van der Waals surface area (Å²) in [5.41, 5.74) is 1.38. The highest BCUT2D eigenvalue weighted by Gasteiger charge is 2.33. The number of morpholine rings is 1. The van der Waals surface area contributed by atoms with E-state index in [0.717, 1.165) is 17.8 Å². The van der Waals surface area contributed by atoms with E-state index in [-0.39, 0.29) is 36.3 Å². The molecule has 0 spiro atoms. The van der Waals surface area contributed by atoms with Crippen molar-refractivity contribution in [3.05, 3.63) is 52.7 Å². The standard InChI is InChI=1S/C21H22F3N5O3/c1-4-29-13(3)17(12(2)26-29)20(30)28-8-9-31-16(11-28)19-25-18(27-32-19)14-6-5-7-15(10-14)21(22,23)24/h5-7,10,16H,4,8-9,11H2,1-3H3/t16-/m0/s1. The number of carbonyl (C=O) groups is 1. The minimum atomic E-state index is -4.47. The lowest BCUT2D eigenvalue weighted by atomic mass is 10.1. The Balaban J connectivity index is 1.53. The Bertz CT molecular complexity index is 1140. The van der Waals surface area contributed by atoms with Gasteiger partial charge in [-0.05, 0) is 32.9 Å². The molecule has 1 atom stereocenters. The first-order valence-electron chi connectivity index (χ1n) is 10.1. The Labute approximate surface area is 182 Å². The minimum Gasteiger partial charge on any atom is -0.365 e. The molecule has 1 fully saturated rings. The van der Waals surface area contributed by atoms with E-state index in [1.54, 1.807) is 16.5 Å². The smallest absolute Gasteiger partial charge is 0.365 e. The van der Waals surface area contributed by atoms with Crippen LogP contribution in [0, 0.1) is 13.8 Å². The predicted molar refractivity (Wildman–Crippen MR) is 107 cm³/mol. The molecule has 170 valence electrons. The molecule has 0 unspecified atom stereocenters. The molecule has 0 aliphatic carbocycles. The van der Waals surface area contributed by atoms with E-state index < -0.39 is 17.8 Å². The van der Waals surface area contributed by atoms with Crippen LogP contribution in [0.4, 0.5) is 13.2 Å². The van der Waals surface area contributed by atoms with Crippen molar-refractivity contribution in [3.8, 4) is 11.4 Å². The van der Waals surface area contributed by atoms with E-state index in [1.807, 2.05) is 13.8 Å². The molecule has 2 aromatic heterocycles. The van der Waals surface area contributed by atoms with Crippen molar-refractivity contribution in [1.29, 1.82) is 0 Å². The van der Waals surface area contributed by atoms with E-state index in [4.69, 9.17) is 9.26 Å². The Morgan fingerprint density at radius 3 is 2.75 bits per heavy atom. The van der Waals surface area contributed by atoms with Gasteiger partial charge in [-0.15, -0.1) is 0 Å². The molecule has 1 saturated heterocycles. The first kappa shape index (κ1) is 22.0. The van der Waals surface area contributed by atoms with Gasteiger partial charge in [-0.1, -0.05) is 17.3 Å². The van der Waals surface area contributed by atoms with Crippen LogP contribution in [0.25, 0.3) is 11.4 Å². The normalized spacial score (nSPS) is 17.1. The summed E-state index contributed by atoms with van der Waals surface area (Å²) in [4.78, 5) is 19.0. The minimum absolute atomic E-state index is 0.0223. The molecule has 1 aromatic carbocycles. The van der Waals surface area contributed by atoms with Crippen molar-refractivity contribution in [3.63, 3.8) is 0 Å². The molecule has 1 aliphatic rings. The number of alkyl halides is 3. The summed E-state index contributed by atoms with van der Waals surface area (Å²) < 4.78 is 51.7. The molecule has 3 aromatic rings. The number of rotatable bonds is 4. The summed E-state index contributed by atoms with van der Waals surface area (Å²) in [6.07, 6.45) is -5.15. The van der Waals surface area contributed by atoms with Crippen LogP contribution in [-0.2, 0) is 17.5 Å². The summed E-state index contributed by atoms with van der Waals surface area (Å²) in [5.74, 6) is -0.0349. The van der Waals surface area contributed by atoms with Gasteiger partial charge in [0.25, 0.3) is 11.8 Å². The van der Waals surface area contributed by atoms with Crippen LogP contribution in [0.2, 0.25) is 0 Å².